The highest BCUT2D eigenvalue weighted by molar-refractivity contribution is 5.17. The van der Waals surface area contributed by atoms with Crippen LogP contribution in [-0.4, -0.2) is 16.2 Å². The molecule has 0 unspecified atom stereocenters. The third kappa shape index (κ3) is 1.67. The number of nitrogens with zero attached hydrogens (tertiary/aromatic N) is 2. The Hall–Kier alpha value is -0.900. The molecule has 4 nitrogen and oxygen atoms in total. The van der Waals surface area contributed by atoms with Gasteiger partial charge in [-0.05, 0) is 39.5 Å². The normalized spacial score (nSPS) is 23.4. The zero-order valence-corrected chi connectivity index (χ0v) is 9.29. The van der Waals surface area contributed by atoms with Crippen LogP contribution in [0.5, 0.6) is 0 Å². The Morgan fingerprint density at radius 3 is 2.67 bits per heavy atom. The molecule has 0 saturated heterocycles. The predicted molar refractivity (Wildman–Crippen MR) is 55.5 cm³/mol. The Labute approximate surface area is 89.4 Å². The molecule has 0 radical (unpaired) electrons. The molecule has 0 atom stereocenters. The minimum Gasteiger partial charge on any atom is -0.339 e. The van der Waals surface area contributed by atoms with Crippen molar-refractivity contribution in [3.63, 3.8) is 0 Å². The standard InChI is InChI=1S/C11H17N3O/c1-7(2)13-11(5-6-11)10-12-9(15-14-10)8-3-4-8/h7-8,13H,3-6H2,1-2H3. The Morgan fingerprint density at radius 1 is 1.40 bits per heavy atom. The van der Waals surface area contributed by atoms with E-state index < -0.39 is 0 Å². The highest BCUT2D eigenvalue weighted by atomic mass is 16.5. The molecule has 82 valence electrons. The maximum absolute atomic E-state index is 5.30. The molecule has 0 spiro atoms. The van der Waals surface area contributed by atoms with E-state index in [0.717, 1.165) is 24.6 Å². The fourth-order valence-electron chi connectivity index (χ4n) is 2.04. The van der Waals surface area contributed by atoms with Crippen LogP contribution < -0.4 is 5.32 Å². The highest BCUT2D eigenvalue weighted by Crippen LogP contribution is 2.46. The molecule has 0 aliphatic heterocycles. The topological polar surface area (TPSA) is 51.0 Å². The third-order valence-corrected chi connectivity index (χ3v) is 3.11. The quantitative estimate of drug-likeness (QED) is 0.819. The van der Waals surface area contributed by atoms with E-state index in [0.29, 0.717) is 12.0 Å². The molecule has 1 aromatic rings. The van der Waals surface area contributed by atoms with E-state index in [1.54, 1.807) is 0 Å². The van der Waals surface area contributed by atoms with Crippen LogP contribution in [0.1, 0.15) is 57.2 Å². The maximum Gasteiger partial charge on any atom is 0.229 e. The van der Waals surface area contributed by atoms with E-state index in [1.165, 1.54) is 12.8 Å². The molecule has 0 aromatic carbocycles. The fraction of sp³-hybridized carbons (Fsp3) is 0.818. The zero-order chi connectivity index (χ0) is 10.5. The lowest BCUT2D eigenvalue weighted by molar-refractivity contribution is 0.357. The first-order chi connectivity index (χ1) is 7.20. The van der Waals surface area contributed by atoms with E-state index in [-0.39, 0.29) is 5.54 Å². The van der Waals surface area contributed by atoms with Gasteiger partial charge in [-0.2, -0.15) is 4.98 Å². The van der Waals surface area contributed by atoms with Gasteiger partial charge in [-0.25, -0.2) is 0 Å². The summed E-state index contributed by atoms with van der Waals surface area (Å²) in [5.74, 6) is 2.28. The average Bonchev–Trinajstić information content (AvgIpc) is 3.09. The molecule has 2 saturated carbocycles. The van der Waals surface area contributed by atoms with Gasteiger partial charge in [-0.3, -0.25) is 0 Å². The Balaban J connectivity index is 1.79. The highest BCUT2D eigenvalue weighted by Gasteiger charge is 2.49. The van der Waals surface area contributed by atoms with Crippen LogP contribution in [0.3, 0.4) is 0 Å². The van der Waals surface area contributed by atoms with Crippen LogP contribution in [0.4, 0.5) is 0 Å². The van der Waals surface area contributed by atoms with Gasteiger partial charge >= 0.3 is 0 Å². The summed E-state index contributed by atoms with van der Waals surface area (Å²) in [6.07, 6.45) is 4.70. The SMILES string of the molecule is CC(C)NC1(c2noc(C3CC3)n2)CC1. The molecule has 1 heterocycles. The second-order valence-electron chi connectivity index (χ2n) is 5.11. The number of aromatic nitrogens is 2. The van der Waals surface area contributed by atoms with Crippen LogP contribution in [0.15, 0.2) is 4.52 Å². The summed E-state index contributed by atoms with van der Waals surface area (Å²) in [5, 5.41) is 7.65. The fourth-order valence-corrected chi connectivity index (χ4v) is 2.04. The first kappa shape index (κ1) is 9.33. The van der Waals surface area contributed by atoms with Crippen molar-refractivity contribution in [3.8, 4) is 0 Å². The zero-order valence-electron chi connectivity index (χ0n) is 9.29. The molecule has 4 heteroatoms. The van der Waals surface area contributed by atoms with E-state index in [1.807, 2.05) is 0 Å². The second kappa shape index (κ2) is 3.04. The van der Waals surface area contributed by atoms with Crippen LogP contribution in [-0.2, 0) is 5.54 Å². The van der Waals surface area contributed by atoms with Crippen molar-refractivity contribution in [1.29, 1.82) is 0 Å². The Morgan fingerprint density at radius 2 is 2.13 bits per heavy atom. The molecule has 2 aliphatic carbocycles. The second-order valence-corrected chi connectivity index (χ2v) is 5.11. The van der Waals surface area contributed by atoms with Gasteiger partial charge in [0.05, 0.1) is 5.54 Å². The summed E-state index contributed by atoms with van der Waals surface area (Å²) in [5.41, 5.74) is 0.0325. The van der Waals surface area contributed by atoms with Crippen molar-refractivity contribution in [2.75, 3.05) is 0 Å². The van der Waals surface area contributed by atoms with Crippen molar-refractivity contribution in [2.24, 2.45) is 0 Å². The van der Waals surface area contributed by atoms with Crippen molar-refractivity contribution < 1.29 is 4.52 Å². The number of hydrogen-bond acceptors (Lipinski definition) is 4. The smallest absolute Gasteiger partial charge is 0.229 e. The molecular formula is C11H17N3O. The van der Waals surface area contributed by atoms with Gasteiger partial charge < -0.3 is 9.84 Å². The minimum atomic E-state index is 0.0325. The van der Waals surface area contributed by atoms with Gasteiger partial charge in [0.15, 0.2) is 5.82 Å². The monoisotopic (exact) mass is 207 g/mol. The van der Waals surface area contributed by atoms with Gasteiger partial charge in [0.1, 0.15) is 0 Å². The van der Waals surface area contributed by atoms with Gasteiger partial charge in [-0.1, -0.05) is 5.16 Å². The summed E-state index contributed by atoms with van der Waals surface area (Å²) < 4.78 is 5.30. The largest absolute Gasteiger partial charge is 0.339 e. The molecule has 3 rings (SSSR count). The van der Waals surface area contributed by atoms with Crippen LogP contribution in [0.25, 0.3) is 0 Å². The maximum atomic E-state index is 5.30. The van der Waals surface area contributed by atoms with Crippen molar-refractivity contribution >= 4 is 0 Å². The lowest BCUT2D eigenvalue weighted by Gasteiger charge is -2.16. The third-order valence-electron chi connectivity index (χ3n) is 3.11. The van der Waals surface area contributed by atoms with E-state index >= 15 is 0 Å². The van der Waals surface area contributed by atoms with E-state index in [2.05, 4.69) is 29.3 Å². The summed E-state index contributed by atoms with van der Waals surface area (Å²) in [4.78, 5) is 4.52. The lowest BCUT2D eigenvalue weighted by atomic mass is 10.2. The molecular weight excluding hydrogens is 190 g/mol. The van der Waals surface area contributed by atoms with Crippen LogP contribution in [0.2, 0.25) is 0 Å². The molecule has 2 fully saturated rings. The molecule has 0 bridgehead atoms. The van der Waals surface area contributed by atoms with E-state index in [9.17, 15) is 0 Å². The lowest BCUT2D eigenvalue weighted by Crippen LogP contribution is -2.35. The van der Waals surface area contributed by atoms with Crippen molar-refractivity contribution in [3.05, 3.63) is 11.7 Å². The number of nitrogens with one attached hydrogen (secondary N) is 1. The molecule has 0 amide bonds. The van der Waals surface area contributed by atoms with Gasteiger partial charge in [0.25, 0.3) is 0 Å². The molecule has 15 heavy (non-hydrogen) atoms. The van der Waals surface area contributed by atoms with Gasteiger partial charge in [0.2, 0.25) is 5.89 Å². The van der Waals surface area contributed by atoms with E-state index in [4.69, 9.17) is 4.52 Å². The minimum absolute atomic E-state index is 0.0325. The first-order valence-corrected chi connectivity index (χ1v) is 5.81. The summed E-state index contributed by atoms with van der Waals surface area (Å²) in [6, 6.07) is 0.468. The summed E-state index contributed by atoms with van der Waals surface area (Å²) >= 11 is 0. The average molecular weight is 207 g/mol. The molecule has 1 N–H and O–H groups in total. The summed E-state index contributed by atoms with van der Waals surface area (Å²) in [6.45, 7) is 4.31. The van der Waals surface area contributed by atoms with Gasteiger partial charge in [0, 0.05) is 12.0 Å². The molecule has 2 aliphatic rings. The van der Waals surface area contributed by atoms with Crippen molar-refractivity contribution in [2.45, 2.75) is 57.0 Å². The Bertz CT molecular complexity index is 364. The number of rotatable bonds is 4. The van der Waals surface area contributed by atoms with Crippen LogP contribution in [0, 0.1) is 0 Å². The molecule has 1 aromatic heterocycles. The van der Waals surface area contributed by atoms with Crippen LogP contribution >= 0.6 is 0 Å². The van der Waals surface area contributed by atoms with Gasteiger partial charge in [-0.15, -0.1) is 0 Å². The Kier molecular flexibility index (Phi) is 1.89. The summed E-state index contributed by atoms with van der Waals surface area (Å²) in [7, 11) is 0. The first-order valence-electron chi connectivity index (χ1n) is 5.81. The van der Waals surface area contributed by atoms with Crippen molar-refractivity contribution in [1.82, 2.24) is 15.5 Å². The predicted octanol–water partition coefficient (Wildman–Crippen LogP) is 1.93. The number of hydrogen-bond donors (Lipinski definition) is 1.